The van der Waals surface area contributed by atoms with Gasteiger partial charge in [0, 0.05) is 32.0 Å². The molecule has 0 radical (unpaired) electrons. The normalized spacial score (nSPS) is 21.8. The second-order valence-electron chi connectivity index (χ2n) is 9.03. The first-order valence-electron chi connectivity index (χ1n) is 11.4. The number of nitrogen functional groups attached to an aromatic ring is 1. The maximum Gasteiger partial charge on any atom is 0.241 e. The summed E-state index contributed by atoms with van der Waals surface area (Å²) in [6, 6.07) is 1.47. The summed E-state index contributed by atoms with van der Waals surface area (Å²) in [4.78, 5) is 19.2. The van der Waals surface area contributed by atoms with Gasteiger partial charge in [-0.25, -0.2) is 13.4 Å². The van der Waals surface area contributed by atoms with E-state index in [1.54, 1.807) is 21.9 Å². The van der Waals surface area contributed by atoms with Gasteiger partial charge in [0.2, 0.25) is 21.2 Å². The average molecular weight is 549 g/mol. The van der Waals surface area contributed by atoms with Crippen molar-refractivity contribution in [3.63, 3.8) is 0 Å². The molecule has 34 heavy (non-hydrogen) atoms. The van der Waals surface area contributed by atoms with E-state index in [0.717, 1.165) is 12.8 Å². The highest BCUT2D eigenvalue weighted by atomic mass is 35.5. The number of carbonyl (C=O) groups excluding carboxylic acids is 1. The van der Waals surface area contributed by atoms with Crippen LogP contribution in [0.5, 0.6) is 0 Å². The van der Waals surface area contributed by atoms with Gasteiger partial charge >= 0.3 is 0 Å². The van der Waals surface area contributed by atoms with Crippen LogP contribution in [0.2, 0.25) is 15.3 Å². The molecule has 1 aliphatic carbocycles. The molecule has 2 fully saturated rings. The lowest BCUT2D eigenvalue weighted by Crippen LogP contribution is -2.53. The second kappa shape index (κ2) is 10.6. The number of aromatic nitrogens is 2. The van der Waals surface area contributed by atoms with Crippen LogP contribution in [0.4, 0.5) is 5.69 Å². The van der Waals surface area contributed by atoms with E-state index in [1.807, 2.05) is 0 Å². The van der Waals surface area contributed by atoms with Crippen molar-refractivity contribution < 1.29 is 13.2 Å². The van der Waals surface area contributed by atoms with Gasteiger partial charge in [-0.2, -0.15) is 4.72 Å². The number of likely N-dealkylation sites (tertiary alicyclic amines) is 1. The summed E-state index contributed by atoms with van der Waals surface area (Å²) in [5.41, 5.74) is 5.85. The number of amides is 1. The van der Waals surface area contributed by atoms with Gasteiger partial charge in [0.05, 0.1) is 20.6 Å². The summed E-state index contributed by atoms with van der Waals surface area (Å²) < 4.78 is 30.7. The number of benzene rings is 1. The number of hydrogen-bond donors (Lipinski definition) is 2. The molecular weight excluding hydrogens is 521 g/mol. The quantitative estimate of drug-likeness (QED) is 0.504. The highest BCUT2D eigenvalue weighted by Gasteiger charge is 2.36. The van der Waals surface area contributed by atoms with Crippen LogP contribution in [0.1, 0.15) is 38.5 Å². The molecular formula is C22H28Cl3N5O3S. The number of sulfonamides is 1. The molecule has 2 heterocycles. The van der Waals surface area contributed by atoms with Gasteiger partial charge in [-0.3, -0.25) is 4.79 Å². The molecule has 0 spiro atoms. The summed E-state index contributed by atoms with van der Waals surface area (Å²) in [6.07, 6.45) is 9.13. The lowest BCUT2D eigenvalue weighted by molar-refractivity contribution is -0.136. The van der Waals surface area contributed by atoms with Crippen LogP contribution >= 0.6 is 34.8 Å². The van der Waals surface area contributed by atoms with E-state index in [0.29, 0.717) is 31.5 Å². The minimum Gasteiger partial charge on any atom is -0.396 e. The topological polar surface area (TPSA) is 110 Å². The molecule has 4 rings (SSSR count). The van der Waals surface area contributed by atoms with Crippen molar-refractivity contribution >= 4 is 56.4 Å². The molecule has 1 aromatic heterocycles. The van der Waals surface area contributed by atoms with Crippen molar-refractivity contribution in [2.24, 2.45) is 11.8 Å². The zero-order valence-corrected chi connectivity index (χ0v) is 21.7. The number of nitrogens with one attached hydrogen (secondary N) is 1. The van der Waals surface area contributed by atoms with Crippen molar-refractivity contribution in [1.29, 1.82) is 0 Å². The van der Waals surface area contributed by atoms with Gasteiger partial charge in [-0.1, -0.05) is 42.5 Å². The number of nitrogens with two attached hydrogens (primary N) is 1. The Kier molecular flexibility index (Phi) is 7.99. The van der Waals surface area contributed by atoms with Crippen LogP contribution in [0.15, 0.2) is 29.4 Å². The number of aryl methyl sites for hydroxylation is 1. The van der Waals surface area contributed by atoms with Crippen LogP contribution < -0.4 is 10.5 Å². The second-order valence-corrected chi connectivity index (χ2v) is 11.9. The highest BCUT2D eigenvalue weighted by molar-refractivity contribution is 7.89. The first-order valence-corrected chi connectivity index (χ1v) is 14.0. The fraction of sp³-hybridized carbons (Fsp3) is 0.545. The van der Waals surface area contributed by atoms with Crippen molar-refractivity contribution in [1.82, 2.24) is 19.2 Å². The Labute approximate surface area is 214 Å². The standard InChI is InChI=1S/C22H28Cl3N5O3S/c23-17-11-16(12-18(24)20(17)26)34(32,33)28-19(6-9-29-10-7-27-22(29)25)21(31)30-8-5-14-3-1-2-4-15(14)13-30/h7,10-12,14-15,19,28H,1-6,8-9,13,26H2/t14-,15+,19?/m0/s1. The predicted molar refractivity (Wildman–Crippen MR) is 133 cm³/mol. The lowest BCUT2D eigenvalue weighted by atomic mass is 9.75. The van der Waals surface area contributed by atoms with Crippen molar-refractivity contribution in [3.05, 3.63) is 39.9 Å². The number of rotatable bonds is 7. The van der Waals surface area contributed by atoms with Gasteiger partial charge in [0.1, 0.15) is 6.04 Å². The third-order valence-corrected chi connectivity index (χ3v) is 9.28. The molecule has 1 aliphatic heterocycles. The van der Waals surface area contributed by atoms with E-state index >= 15 is 0 Å². The number of nitrogens with zero attached hydrogens (tertiary/aromatic N) is 3. The number of imidazole rings is 1. The smallest absolute Gasteiger partial charge is 0.241 e. The number of halogens is 3. The van der Waals surface area contributed by atoms with E-state index in [1.165, 1.54) is 31.4 Å². The molecule has 3 N–H and O–H groups in total. The third kappa shape index (κ3) is 5.65. The summed E-state index contributed by atoms with van der Waals surface area (Å²) in [6.45, 7) is 1.61. The van der Waals surface area contributed by atoms with Crippen molar-refractivity contribution in [2.45, 2.75) is 56.0 Å². The summed E-state index contributed by atoms with van der Waals surface area (Å²) in [5.74, 6) is 0.884. The predicted octanol–water partition coefficient (Wildman–Crippen LogP) is 4.20. The molecule has 1 saturated carbocycles. The molecule has 12 heteroatoms. The van der Waals surface area contributed by atoms with Gasteiger partial charge in [0.15, 0.2) is 0 Å². The largest absolute Gasteiger partial charge is 0.396 e. The molecule has 186 valence electrons. The van der Waals surface area contributed by atoms with E-state index in [2.05, 4.69) is 9.71 Å². The Bertz CT molecular complexity index is 1130. The molecule has 1 aromatic carbocycles. The Balaban J connectivity index is 1.56. The third-order valence-electron chi connectivity index (χ3n) is 6.88. The van der Waals surface area contributed by atoms with Crippen molar-refractivity contribution in [2.75, 3.05) is 18.8 Å². The summed E-state index contributed by atoms with van der Waals surface area (Å²) in [7, 11) is -4.11. The Morgan fingerprint density at radius 1 is 1.15 bits per heavy atom. The van der Waals surface area contributed by atoms with Gasteiger partial charge < -0.3 is 15.2 Å². The first-order chi connectivity index (χ1) is 16.2. The Hall–Kier alpha value is -1.52. The molecule has 1 saturated heterocycles. The average Bonchev–Trinajstić information content (AvgIpc) is 3.23. The zero-order chi connectivity index (χ0) is 24.5. The summed E-state index contributed by atoms with van der Waals surface area (Å²) >= 11 is 18.2. The van der Waals surface area contributed by atoms with Gasteiger partial charge in [-0.05, 0) is 54.8 Å². The first kappa shape index (κ1) is 25.6. The lowest BCUT2D eigenvalue weighted by Gasteiger charge is -2.42. The molecule has 2 aliphatic rings. The fourth-order valence-corrected chi connectivity index (χ4v) is 7.06. The van der Waals surface area contributed by atoms with Crippen LogP contribution in [0.3, 0.4) is 0 Å². The van der Waals surface area contributed by atoms with Crippen LogP contribution in [0.25, 0.3) is 0 Å². The number of hydrogen-bond acceptors (Lipinski definition) is 5. The molecule has 2 aromatic rings. The monoisotopic (exact) mass is 547 g/mol. The number of fused-ring (bicyclic) bond motifs is 1. The van der Waals surface area contributed by atoms with Crippen molar-refractivity contribution in [3.8, 4) is 0 Å². The minimum atomic E-state index is -4.11. The van der Waals surface area contributed by atoms with Gasteiger partial charge in [0.25, 0.3) is 0 Å². The minimum absolute atomic E-state index is 0.0281. The highest BCUT2D eigenvalue weighted by Crippen LogP contribution is 2.36. The number of piperidine rings is 1. The van der Waals surface area contributed by atoms with Gasteiger partial charge in [-0.15, -0.1) is 0 Å². The van der Waals surface area contributed by atoms with E-state index in [-0.39, 0.29) is 38.2 Å². The number of carbonyl (C=O) groups is 1. The fourth-order valence-electron chi connectivity index (χ4n) is 4.97. The number of anilines is 1. The molecule has 0 bridgehead atoms. The van der Waals surface area contributed by atoms with Crippen LogP contribution in [-0.4, -0.2) is 47.9 Å². The van der Waals surface area contributed by atoms with E-state index in [9.17, 15) is 13.2 Å². The molecule has 8 nitrogen and oxygen atoms in total. The molecule has 3 atom stereocenters. The molecule has 1 unspecified atom stereocenters. The maximum absolute atomic E-state index is 13.6. The summed E-state index contributed by atoms with van der Waals surface area (Å²) in [5, 5.41) is 0.329. The zero-order valence-electron chi connectivity index (χ0n) is 18.6. The molecule has 1 amide bonds. The Morgan fingerprint density at radius 2 is 1.82 bits per heavy atom. The van der Waals surface area contributed by atoms with E-state index in [4.69, 9.17) is 40.5 Å². The SMILES string of the molecule is Nc1c(Cl)cc(S(=O)(=O)NC(CCn2ccnc2Cl)C(=O)N2CC[C@@H]3CCCC[C@@H]3C2)cc1Cl. The van der Waals surface area contributed by atoms with E-state index < -0.39 is 16.1 Å². The maximum atomic E-state index is 13.6. The van der Waals surface area contributed by atoms with Crippen LogP contribution in [0, 0.1) is 11.8 Å². The van der Waals surface area contributed by atoms with Crippen LogP contribution in [-0.2, 0) is 21.4 Å². The Morgan fingerprint density at radius 3 is 2.47 bits per heavy atom.